The Labute approximate surface area is 230 Å². The molecule has 0 aliphatic heterocycles. The first-order chi connectivity index (χ1) is 18.1. The van der Waals surface area contributed by atoms with Crippen molar-refractivity contribution in [2.24, 2.45) is 17.6 Å². The monoisotopic (exact) mass is 548 g/mol. The Balaban J connectivity index is 2.95. The van der Waals surface area contributed by atoms with E-state index in [0.717, 1.165) is 5.56 Å². The summed E-state index contributed by atoms with van der Waals surface area (Å²) >= 11 is 0. The van der Waals surface area contributed by atoms with E-state index in [1.807, 2.05) is 44.2 Å². The SMILES string of the molecule is CC(C)C[C@@H](NC(=O)[C@H](NC(=O)[C@@H](CCC(=O)OCc1ccccc1)NC(=O)OC(C)(C)C)C(C)C)C(N)=O. The van der Waals surface area contributed by atoms with Gasteiger partial charge in [0.05, 0.1) is 0 Å². The molecule has 0 bridgehead atoms. The van der Waals surface area contributed by atoms with E-state index in [4.69, 9.17) is 15.2 Å². The number of benzene rings is 1. The highest BCUT2D eigenvalue weighted by Gasteiger charge is 2.32. The molecule has 0 aliphatic carbocycles. The van der Waals surface area contributed by atoms with Crippen LogP contribution < -0.4 is 21.7 Å². The number of alkyl carbamates (subject to hydrolysis) is 1. The number of carbonyl (C=O) groups excluding carboxylic acids is 5. The summed E-state index contributed by atoms with van der Waals surface area (Å²) in [5.74, 6) is -2.77. The zero-order chi connectivity index (χ0) is 29.8. The number of primary amides is 1. The zero-order valence-corrected chi connectivity index (χ0v) is 24.0. The molecule has 1 rings (SSSR count). The summed E-state index contributed by atoms with van der Waals surface area (Å²) in [6, 6.07) is 6.00. The van der Waals surface area contributed by atoms with Crippen LogP contribution >= 0.6 is 0 Å². The number of hydrogen-bond donors (Lipinski definition) is 4. The standard InChI is InChI=1S/C28H44N4O7/c1-17(2)15-21(24(29)34)30-26(36)23(18(3)4)32-25(35)20(31-27(37)39-28(5,6)7)13-14-22(33)38-16-19-11-9-8-10-12-19/h8-12,17-18,20-21,23H,13-16H2,1-7H3,(H2,29,34)(H,30,36)(H,31,37)(H,32,35)/t20-,21-,23-/m1/s1. The van der Waals surface area contributed by atoms with Crippen molar-refractivity contribution in [2.75, 3.05) is 0 Å². The Hall–Kier alpha value is -3.63. The van der Waals surface area contributed by atoms with Crippen LogP contribution in [0.2, 0.25) is 0 Å². The predicted molar refractivity (Wildman–Crippen MR) is 146 cm³/mol. The molecule has 0 heterocycles. The summed E-state index contributed by atoms with van der Waals surface area (Å²) < 4.78 is 10.5. The minimum absolute atomic E-state index is 0.0725. The smallest absolute Gasteiger partial charge is 0.408 e. The largest absolute Gasteiger partial charge is 0.461 e. The van der Waals surface area contributed by atoms with E-state index in [1.165, 1.54) is 0 Å². The Morgan fingerprint density at radius 2 is 1.49 bits per heavy atom. The van der Waals surface area contributed by atoms with E-state index in [9.17, 15) is 24.0 Å². The molecule has 4 amide bonds. The topological polar surface area (TPSA) is 166 Å². The molecular weight excluding hydrogens is 504 g/mol. The van der Waals surface area contributed by atoms with Gasteiger partial charge in [0.15, 0.2) is 0 Å². The number of esters is 1. The fraction of sp³-hybridized carbons (Fsp3) is 0.607. The summed E-state index contributed by atoms with van der Waals surface area (Å²) in [5, 5.41) is 7.74. The molecular formula is C28H44N4O7. The van der Waals surface area contributed by atoms with Gasteiger partial charge in [-0.05, 0) is 51.0 Å². The van der Waals surface area contributed by atoms with Gasteiger partial charge in [-0.15, -0.1) is 0 Å². The molecule has 0 aromatic heterocycles. The third-order valence-corrected chi connectivity index (χ3v) is 5.50. The molecule has 0 saturated carbocycles. The number of nitrogens with one attached hydrogen (secondary N) is 3. The number of amides is 4. The van der Waals surface area contributed by atoms with Crippen molar-refractivity contribution < 1.29 is 33.4 Å². The lowest BCUT2D eigenvalue weighted by Crippen LogP contribution is -2.58. The second-order valence-electron chi connectivity index (χ2n) is 11.2. The molecule has 0 radical (unpaired) electrons. The number of ether oxygens (including phenoxy) is 2. The Bertz CT molecular complexity index is 974. The molecule has 11 nitrogen and oxygen atoms in total. The highest BCUT2D eigenvalue weighted by Crippen LogP contribution is 2.11. The van der Waals surface area contributed by atoms with Gasteiger partial charge >= 0.3 is 12.1 Å². The highest BCUT2D eigenvalue weighted by molar-refractivity contribution is 5.93. The van der Waals surface area contributed by atoms with Gasteiger partial charge in [0.25, 0.3) is 0 Å². The molecule has 0 spiro atoms. The summed E-state index contributed by atoms with van der Waals surface area (Å²) in [5.41, 5.74) is 5.44. The molecule has 5 N–H and O–H groups in total. The minimum atomic E-state index is -1.19. The Morgan fingerprint density at radius 3 is 2.00 bits per heavy atom. The average molecular weight is 549 g/mol. The van der Waals surface area contributed by atoms with Crippen molar-refractivity contribution in [2.45, 2.75) is 98.1 Å². The molecule has 39 heavy (non-hydrogen) atoms. The summed E-state index contributed by atoms with van der Waals surface area (Å²) in [6.45, 7) is 12.3. The van der Waals surface area contributed by atoms with Crippen molar-refractivity contribution in [1.29, 1.82) is 0 Å². The lowest BCUT2D eigenvalue weighted by atomic mass is 9.99. The molecule has 0 aliphatic rings. The van der Waals surface area contributed by atoms with E-state index >= 15 is 0 Å². The van der Waals surface area contributed by atoms with Gasteiger partial charge in [-0.3, -0.25) is 19.2 Å². The predicted octanol–water partition coefficient (Wildman–Crippen LogP) is 2.56. The van der Waals surface area contributed by atoms with Gasteiger partial charge in [-0.1, -0.05) is 58.0 Å². The fourth-order valence-electron chi connectivity index (χ4n) is 3.56. The van der Waals surface area contributed by atoms with Crippen LogP contribution in [0.4, 0.5) is 4.79 Å². The van der Waals surface area contributed by atoms with Crippen molar-refractivity contribution >= 4 is 29.8 Å². The molecule has 218 valence electrons. The number of rotatable bonds is 14. The van der Waals surface area contributed by atoms with E-state index < -0.39 is 53.5 Å². The van der Waals surface area contributed by atoms with E-state index in [0.29, 0.717) is 6.42 Å². The molecule has 0 saturated heterocycles. The Kier molecular flexibility index (Phi) is 13.4. The quantitative estimate of drug-likeness (QED) is 0.259. The maximum atomic E-state index is 13.2. The van der Waals surface area contributed by atoms with Gasteiger partial charge in [-0.25, -0.2) is 4.79 Å². The molecule has 0 unspecified atom stereocenters. The van der Waals surface area contributed by atoms with Crippen LogP contribution in [0.3, 0.4) is 0 Å². The van der Waals surface area contributed by atoms with Gasteiger partial charge in [-0.2, -0.15) is 0 Å². The molecule has 1 aromatic rings. The van der Waals surface area contributed by atoms with Crippen molar-refractivity contribution in [3.05, 3.63) is 35.9 Å². The van der Waals surface area contributed by atoms with Crippen LogP contribution in [0.1, 0.15) is 73.3 Å². The zero-order valence-electron chi connectivity index (χ0n) is 24.0. The number of hydrogen-bond acceptors (Lipinski definition) is 7. The van der Waals surface area contributed by atoms with Crippen molar-refractivity contribution in [3.63, 3.8) is 0 Å². The van der Waals surface area contributed by atoms with E-state index in [-0.39, 0.29) is 31.3 Å². The normalized spacial score (nSPS) is 13.7. The number of nitrogens with two attached hydrogens (primary N) is 1. The lowest BCUT2D eigenvalue weighted by molar-refractivity contribution is -0.145. The first kappa shape index (κ1) is 33.4. The highest BCUT2D eigenvalue weighted by atomic mass is 16.6. The van der Waals surface area contributed by atoms with Gasteiger partial charge < -0.3 is 31.2 Å². The van der Waals surface area contributed by atoms with Crippen LogP contribution in [-0.2, 0) is 35.3 Å². The second kappa shape index (κ2) is 15.7. The van der Waals surface area contributed by atoms with Crippen LogP contribution in [-0.4, -0.2) is 53.5 Å². The first-order valence-corrected chi connectivity index (χ1v) is 13.2. The third kappa shape index (κ3) is 13.6. The van der Waals surface area contributed by atoms with Crippen LogP contribution in [0.5, 0.6) is 0 Å². The first-order valence-electron chi connectivity index (χ1n) is 13.2. The Morgan fingerprint density at radius 1 is 0.872 bits per heavy atom. The van der Waals surface area contributed by atoms with Crippen LogP contribution in [0, 0.1) is 11.8 Å². The average Bonchev–Trinajstić information content (AvgIpc) is 2.82. The molecule has 11 heteroatoms. The van der Waals surface area contributed by atoms with E-state index in [2.05, 4.69) is 16.0 Å². The molecule has 1 aromatic carbocycles. The second-order valence-corrected chi connectivity index (χ2v) is 11.2. The van der Waals surface area contributed by atoms with Crippen molar-refractivity contribution in [3.8, 4) is 0 Å². The summed E-state index contributed by atoms with van der Waals surface area (Å²) in [7, 11) is 0. The minimum Gasteiger partial charge on any atom is -0.461 e. The van der Waals surface area contributed by atoms with Gasteiger partial charge in [0.1, 0.15) is 30.3 Å². The number of carbonyl (C=O) groups is 5. The maximum absolute atomic E-state index is 13.2. The fourth-order valence-corrected chi connectivity index (χ4v) is 3.56. The molecule has 3 atom stereocenters. The van der Waals surface area contributed by atoms with Crippen molar-refractivity contribution in [1.82, 2.24) is 16.0 Å². The maximum Gasteiger partial charge on any atom is 0.408 e. The van der Waals surface area contributed by atoms with Crippen LogP contribution in [0.15, 0.2) is 30.3 Å². The van der Waals surface area contributed by atoms with E-state index in [1.54, 1.807) is 34.6 Å². The lowest BCUT2D eigenvalue weighted by Gasteiger charge is -2.28. The molecule has 0 fully saturated rings. The summed E-state index contributed by atoms with van der Waals surface area (Å²) in [6.07, 6.45) is -0.773. The third-order valence-electron chi connectivity index (χ3n) is 5.50. The van der Waals surface area contributed by atoms with Crippen LogP contribution in [0.25, 0.3) is 0 Å². The summed E-state index contributed by atoms with van der Waals surface area (Å²) in [4.78, 5) is 62.9. The van der Waals surface area contributed by atoms with Gasteiger partial charge in [0.2, 0.25) is 17.7 Å². The van der Waals surface area contributed by atoms with Gasteiger partial charge in [0, 0.05) is 6.42 Å².